The van der Waals surface area contributed by atoms with Crippen LogP contribution in [0.25, 0.3) is 6.08 Å². The number of hydrogen-bond acceptors (Lipinski definition) is 5. The zero-order valence-electron chi connectivity index (χ0n) is 15.9. The molecule has 0 bridgehead atoms. The van der Waals surface area contributed by atoms with Crippen molar-refractivity contribution in [2.75, 3.05) is 13.7 Å². The minimum absolute atomic E-state index is 0.0274. The predicted molar refractivity (Wildman–Crippen MR) is 104 cm³/mol. The molecule has 0 spiro atoms. The Morgan fingerprint density at radius 1 is 1.18 bits per heavy atom. The lowest BCUT2D eigenvalue weighted by Gasteiger charge is -2.11. The summed E-state index contributed by atoms with van der Waals surface area (Å²) in [6, 6.07) is 10.6. The highest BCUT2D eigenvalue weighted by molar-refractivity contribution is 5.88. The van der Waals surface area contributed by atoms with Crippen LogP contribution in [-0.4, -0.2) is 19.7 Å². The molecule has 0 radical (unpaired) electrons. The van der Waals surface area contributed by atoms with Gasteiger partial charge in [0.2, 0.25) is 0 Å². The van der Waals surface area contributed by atoms with E-state index < -0.39 is 11.8 Å². The smallest absolute Gasteiger partial charge is 0.336 e. The highest BCUT2D eigenvalue weighted by atomic mass is 19.1. The van der Waals surface area contributed by atoms with Gasteiger partial charge in [0.05, 0.1) is 19.3 Å². The summed E-state index contributed by atoms with van der Waals surface area (Å²) in [5.74, 6) is -0.161. The lowest BCUT2D eigenvalue weighted by Crippen LogP contribution is -2.04. The molecular weight excluding hydrogens is 361 g/mol. The molecule has 0 N–H and O–H groups in total. The van der Waals surface area contributed by atoms with E-state index >= 15 is 0 Å². The quantitative estimate of drug-likeness (QED) is 0.267. The van der Waals surface area contributed by atoms with E-state index in [1.54, 1.807) is 37.5 Å². The molecule has 0 aliphatic rings. The molecule has 2 rings (SSSR count). The number of esters is 1. The van der Waals surface area contributed by atoms with Crippen molar-refractivity contribution in [1.29, 1.82) is 5.26 Å². The maximum atomic E-state index is 13.5. The number of nitrogens with zero attached hydrogens (tertiary/aromatic N) is 1. The molecule has 28 heavy (non-hydrogen) atoms. The first-order chi connectivity index (χ1) is 13.6. The maximum Gasteiger partial charge on any atom is 0.336 e. The molecule has 0 aliphatic carbocycles. The second-order valence-electron chi connectivity index (χ2n) is 5.97. The largest absolute Gasteiger partial charge is 0.493 e. The van der Waals surface area contributed by atoms with E-state index in [9.17, 15) is 9.18 Å². The van der Waals surface area contributed by atoms with Crippen molar-refractivity contribution in [3.8, 4) is 23.3 Å². The third kappa shape index (κ3) is 6.13. The van der Waals surface area contributed by atoms with Gasteiger partial charge < -0.3 is 14.2 Å². The maximum absolute atomic E-state index is 13.5. The van der Waals surface area contributed by atoms with Crippen LogP contribution in [0.5, 0.6) is 17.2 Å². The number of carbonyl (C=O) groups is 1. The summed E-state index contributed by atoms with van der Waals surface area (Å²) in [5, 5.41) is 8.71. The minimum Gasteiger partial charge on any atom is -0.493 e. The van der Waals surface area contributed by atoms with Crippen LogP contribution in [0.1, 0.15) is 37.3 Å². The van der Waals surface area contributed by atoms with E-state index in [0.717, 1.165) is 30.9 Å². The van der Waals surface area contributed by atoms with Crippen molar-refractivity contribution in [3.05, 3.63) is 59.4 Å². The van der Waals surface area contributed by atoms with Gasteiger partial charge in [-0.3, -0.25) is 0 Å². The molecule has 146 valence electrons. The van der Waals surface area contributed by atoms with E-state index in [-0.39, 0.29) is 11.3 Å². The van der Waals surface area contributed by atoms with Crippen LogP contribution in [0.3, 0.4) is 0 Å². The fraction of sp³-hybridized carbons (Fsp3) is 0.273. The first kappa shape index (κ1) is 21.0. The zero-order chi connectivity index (χ0) is 20.4. The Labute approximate surface area is 164 Å². The Balaban J connectivity index is 1.99. The second-order valence-corrected chi connectivity index (χ2v) is 5.97. The number of methoxy groups -OCH3 is 1. The van der Waals surface area contributed by atoms with Crippen LogP contribution in [0, 0.1) is 17.1 Å². The molecule has 0 aromatic heterocycles. The topological polar surface area (TPSA) is 68.5 Å². The molecule has 5 nitrogen and oxygen atoms in total. The Bertz CT molecular complexity index is 887. The van der Waals surface area contributed by atoms with Crippen molar-refractivity contribution in [3.63, 3.8) is 0 Å². The molecular formula is C22H22FNO4. The number of nitriles is 1. The van der Waals surface area contributed by atoms with Crippen molar-refractivity contribution in [2.24, 2.45) is 0 Å². The van der Waals surface area contributed by atoms with Gasteiger partial charge in [-0.1, -0.05) is 25.8 Å². The SMILES string of the molecule is CCCCCOc1ccc(/C=C/C(=O)Oc2ccc(C#N)c(F)c2)cc1OC. The number of benzene rings is 2. The van der Waals surface area contributed by atoms with E-state index in [0.29, 0.717) is 18.1 Å². The van der Waals surface area contributed by atoms with Gasteiger partial charge >= 0.3 is 5.97 Å². The monoisotopic (exact) mass is 383 g/mol. The molecule has 0 saturated carbocycles. The predicted octanol–water partition coefficient (Wildman–Crippen LogP) is 4.89. The van der Waals surface area contributed by atoms with Crippen molar-refractivity contribution >= 4 is 12.0 Å². The molecule has 2 aromatic carbocycles. The van der Waals surface area contributed by atoms with Crippen LogP contribution in [-0.2, 0) is 4.79 Å². The Kier molecular flexibility index (Phi) is 8.04. The number of carbonyl (C=O) groups excluding carboxylic acids is 1. The summed E-state index contributed by atoms with van der Waals surface area (Å²) >= 11 is 0. The molecule has 2 aromatic rings. The van der Waals surface area contributed by atoms with Gasteiger partial charge in [0.15, 0.2) is 11.5 Å². The van der Waals surface area contributed by atoms with Crippen LogP contribution in [0.4, 0.5) is 4.39 Å². The summed E-state index contributed by atoms with van der Waals surface area (Å²) in [4.78, 5) is 11.9. The zero-order valence-corrected chi connectivity index (χ0v) is 15.9. The third-order valence-corrected chi connectivity index (χ3v) is 3.88. The van der Waals surface area contributed by atoms with E-state index in [1.807, 2.05) is 0 Å². The molecule has 0 amide bonds. The number of unbranched alkanes of at least 4 members (excludes halogenated alkanes) is 2. The van der Waals surface area contributed by atoms with Crippen LogP contribution in [0.15, 0.2) is 42.5 Å². The third-order valence-electron chi connectivity index (χ3n) is 3.88. The van der Waals surface area contributed by atoms with Gasteiger partial charge in [-0.05, 0) is 42.3 Å². The van der Waals surface area contributed by atoms with E-state index in [2.05, 4.69) is 6.92 Å². The van der Waals surface area contributed by atoms with Gasteiger partial charge in [0.25, 0.3) is 0 Å². The van der Waals surface area contributed by atoms with Gasteiger partial charge in [-0.15, -0.1) is 0 Å². The summed E-state index contributed by atoms with van der Waals surface area (Å²) in [6.45, 7) is 2.75. The first-order valence-corrected chi connectivity index (χ1v) is 8.97. The molecule has 0 aliphatic heterocycles. The van der Waals surface area contributed by atoms with Crippen LogP contribution >= 0.6 is 0 Å². The molecule has 6 heteroatoms. The molecule has 0 unspecified atom stereocenters. The van der Waals surface area contributed by atoms with Crippen LogP contribution in [0.2, 0.25) is 0 Å². The molecule has 0 atom stereocenters. The lowest BCUT2D eigenvalue weighted by molar-refractivity contribution is -0.128. The Morgan fingerprint density at radius 2 is 2.00 bits per heavy atom. The van der Waals surface area contributed by atoms with E-state index in [4.69, 9.17) is 19.5 Å². The number of rotatable bonds is 9. The summed E-state index contributed by atoms with van der Waals surface area (Å²) < 4.78 is 29.6. The van der Waals surface area contributed by atoms with Crippen molar-refractivity contribution in [1.82, 2.24) is 0 Å². The highest BCUT2D eigenvalue weighted by Gasteiger charge is 2.07. The first-order valence-electron chi connectivity index (χ1n) is 8.97. The fourth-order valence-electron chi connectivity index (χ4n) is 2.41. The van der Waals surface area contributed by atoms with Gasteiger partial charge in [0.1, 0.15) is 17.6 Å². The normalized spacial score (nSPS) is 10.5. The molecule has 0 saturated heterocycles. The van der Waals surface area contributed by atoms with Gasteiger partial charge in [-0.2, -0.15) is 5.26 Å². The van der Waals surface area contributed by atoms with E-state index in [1.165, 1.54) is 18.2 Å². The molecule has 0 heterocycles. The molecule has 0 fully saturated rings. The average Bonchev–Trinajstić information content (AvgIpc) is 2.70. The Hall–Kier alpha value is -3.33. The van der Waals surface area contributed by atoms with Gasteiger partial charge in [-0.25, -0.2) is 9.18 Å². The number of halogens is 1. The summed E-state index contributed by atoms with van der Waals surface area (Å²) in [5.41, 5.74) is 0.611. The number of ether oxygens (including phenoxy) is 3. The Morgan fingerprint density at radius 3 is 2.68 bits per heavy atom. The standard InChI is InChI=1S/C22H22FNO4/c1-3-4-5-12-27-20-10-6-16(13-21(20)26-2)7-11-22(25)28-18-9-8-17(15-24)19(23)14-18/h6-11,13-14H,3-5,12H2,1-2H3/b11-7+. The minimum atomic E-state index is -0.740. The van der Waals surface area contributed by atoms with Crippen molar-refractivity contribution in [2.45, 2.75) is 26.2 Å². The second kappa shape index (κ2) is 10.7. The average molecular weight is 383 g/mol. The van der Waals surface area contributed by atoms with Gasteiger partial charge in [0, 0.05) is 12.1 Å². The van der Waals surface area contributed by atoms with Crippen molar-refractivity contribution < 1.29 is 23.4 Å². The summed E-state index contributed by atoms with van der Waals surface area (Å²) in [6.07, 6.45) is 5.99. The lowest BCUT2D eigenvalue weighted by atomic mass is 10.2. The fourth-order valence-corrected chi connectivity index (χ4v) is 2.41. The van der Waals surface area contributed by atoms with Crippen LogP contribution < -0.4 is 14.2 Å². The summed E-state index contributed by atoms with van der Waals surface area (Å²) in [7, 11) is 1.55. The number of hydrogen-bond donors (Lipinski definition) is 0. The highest BCUT2D eigenvalue weighted by Crippen LogP contribution is 2.29.